The molecule has 0 saturated carbocycles. The summed E-state index contributed by atoms with van der Waals surface area (Å²) in [5.74, 6) is 0.931. The van der Waals surface area contributed by atoms with Crippen LogP contribution in [0.25, 0.3) is 0 Å². The van der Waals surface area contributed by atoms with Crippen LogP contribution in [-0.4, -0.2) is 59.8 Å². The number of nitrogens with zero attached hydrogens (tertiary/aromatic N) is 2. The lowest BCUT2D eigenvalue weighted by molar-refractivity contribution is -0.121. The molecule has 3 aromatic carbocycles. The Bertz CT molecular complexity index is 1350. The first-order valence-electron chi connectivity index (χ1n) is 11.1. The van der Waals surface area contributed by atoms with Gasteiger partial charge in [-0.25, -0.2) is 13.8 Å². The van der Waals surface area contributed by atoms with Gasteiger partial charge in [-0.15, -0.1) is 0 Å². The second-order valence-corrected chi connectivity index (χ2v) is 9.58. The largest absolute Gasteiger partial charge is 0.497 e. The van der Waals surface area contributed by atoms with Gasteiger partial charge in [0.1, 0.15) is 27.9 Å². The molecule has 0 fully saturated rings. The van der Waals surface area contributed by atoms with Gasteiger partial charge < -0.3 is 18.9 Å². The molecule has 3 aromatic rings. The molecule has 37 heavy (non-hydrogen) atoms. The molecular weight excluding hydrogens is 498 g/mol. The molecule has 0 spiro atoms. The van der Waals surface area contributed by atoms with E-state index in [0.717, 1.165) is 4.31 Å². The van der Waals surface area contributed by atoms with E-state index in [1.165, 1.54) is 46.8 Å². The van der Waals surface area contributed by atoms with Crippen LogP contribution in [0.1, 0.15) is 11.1 Å². The van der Waals surface area contributed by atoms with Crippen LogP contribution in [-0.2, 0) is 21.4 Å². The lowest BCUT2D eigenvalue weighted by atomic mass is 10.2. The Labute approximate surface area is 216 Å². The number of nitrogens with one attached hydrogen (secondary N) is 1. The second-order valence-electron chi connectivity index (χ2n) is 7.68. The highest BCUT2D eigenvalue weighted by atomic mass is 32.2. The molecule has 1 N–H and O–H groups in total. The molecule has 0 aromatic heterocycles. The van der Waals surface area contributed by atoms with Crippen molar-refractivity contribution in [3.05, 3.63) is 77.9 Å². The van der Waals surface area contributed by atoms with Gasteiger partial charge in [0, 0.05) is 18.2 Å². The highest BCUT2D eigenvalue weighted by molar-refractivity contribution is 7.89. The van der Waals surface area contributed by atoms with E-state index in [-0.39, 0.29) is 17.2 Å². The lowest BCUT2D eigenvalue weighted by Crippen LogP contribution is -2.39. The molecule has 0 aliphatic carbocycles. The van der Waals surface area contributed by atoms with Gasteiger partial charge in [-0.05, 0) is 35.9 Å². The van der Waals surface area contributed by atoms with E-state index in [9.17, 15) is 13.2 Å². The molecule has 1 amide bonds. The van der Waals surface area contributed by atoms with Crippen LogP contribution >= 0.6 is 0 Å². The van der Waals surface area contributed by atoms with Gasteiger partial charge in [-0.2, -0.15) is 9.41 Å². The maximum Gasteiger partial charge on any atom is 0.255 e. The highest BCUT2D eigenvalue weighted by Crippen LogP contribution is 2.31. The predicted octanol–water partition coefficient (Wildman–Crippen LogP) is 3.06. The molecule has 0 radical (unpaired) electrons. The Hall–Kier alpha value is -4.09. The second kappa shape index (κ2) is 12.7. The maximum atomic E-state index is 13.7. The van der Waals surface area contributed by atoms with E-state index in [1.54, 1.807) is 48.5 Å². The number of hydrogen-bond donors (Lipinski definition) is 1. The van der Waals surface area contributed by atoms with Crippen molar-refractivity contribution in [2.45, 2.75) is 11.4 Å². The summed E-state index contributed by atoms with van der Waals surface area (Å²) in [5.41, 5.74) is 3.65. The van der Waals surface area contributed by atoms with Crippen molar-refractivity contribution in [1.29, 1.82) is 0 Å². The van der Waals surface area contributed by atoms with Crippen LogP contribution in [0.15, 0.2) is 76.7 Å². The number of carbonyl (C=O) groups excluding carboxylic acids is 1. The van der Waals surface area contributed by atoms with Gasteiger partial charge in [-0.1, -0.05) is 30.3 Å². The third-order valence-electron chi connectivity index (χ3n) is 5.34. The molecular formula is C26H29N3O7S. The van der Waals surface area contributed by atoms with E-state index in [4.69, 9.17) is 18.9 Å². The van der Waals surface area contributed by atoms with Crippen LogP contribution in [0.2, 0.25) is 0 Å². The minimum atomic E-state index is -4.19. The summed E-state index contributed by atoms with van der Waals surface area (Å²) in [5, 5.41) is 3.98. The molecule has 0 heterocycles. The quantitative estimate of drug-likeness (QED) is 0.284. The number of benzene rings is 3. The molecule has 3 rings (SSSR count). The summed E-state index contributed by atoms with van der Waals surface area (Å²) >= 11 is 0. The summed E-state index contributed by atoms with van der Waals surface area (Å²) in [4.78, 5) is 12.7. The summed E-state index contributed by atoms with van der Waals surface area (Å²) < 4.78 is 49.5. The third kappa shape index (κ3) is 6.99. The van der Waals surface area contributed by atoms with Crippen molar-refractivity contribution in [2.24, 2.45) is 5.10 Å². The number of carbonyl (C=O) groups is 1. The van der Waals surface area contributed by atoms with Crippen molar-refractivity contribution in [2.75, 3.05) is 35.0 Å². The van der Waals surface area contributed by atoms with Gasteiger partial charge in [0.25, 0.3) is 5.91 Å². The smallest absolute Gasteiger partial charge is 0.255 e. The van der Waals surface area contributed by atoms with E-state index in [1.807, 2.05) is 6.07 Å². The lowest BCUT2D eigenvalue weighted by Gasteiger charge is -2.23. The van der Waals surface area contributed by atoms with Crippen molar-refractivity contribution in [1.82, 2.24) is 9.73 Å². The zero-order chi connectivity index (χ0) is 26.8. The van der Waals surface area contributed by atoms with Gasteiger partial charge in [-0.3, -0.25) is 4.79 Å². The number of sulfonamides is 1. The first kappa shape index (κ1) is 27.5. The van der Waals surface area contributed by atoms with Crippen molar-refractivity contribution in [3.63, 3.8) is 0 Å². The number of hydrazone groups is 1. The molecule has 196 valence electrons. The molecule has 10 nitrogen and oxygen atoms in total. The fraction of sp³-hybridized carbons (Fsp3) is 0.231. The minimum Gasteiger partial charge on any atom is -0.497 e. The Kier molecular flexibility index (Phi) is 9.47. The molecule has 0 atom stereocenters. The zero-order valence-corrected chi connectivity index (χ0v) is 21.8. The standard InChI is InChI=1S/C26H29N3O7S/c1-33-21-10-12-23(35-3)20(14-21)16-27-28-26(30)18-29(17-19-8-6-5-7-9-19)37(31,32)25-15-22(34-2)11-13-24(25)36-4/h5-16H,17-18H2,1-4H3,(H,28,30)/b27-16+. The van der Waals surface area contributed by atoms with E-state index in [2.05, 4.69) is 10.5 Å². The van der Waals surface area contributed by atoms with Crippen LogP contribution in [0, 0.1) is 0 Å². The van der Waals surface area contributed by atoms with Crippen molar-refractivity contribution < 1.29 is 32.2 Å². The Morgan fingerprint density at radius 2 is 1.49 bits per heavy atom. The highest BCUT2D eigenvalue weighted by Gasteiger charge is 2.30. The Morgan fingerprint density at radius 3 is 2.11 bits per heavy atom. The van der Waals surface area contributed by atoms with Gasteiger partial charge in [0.2, 0.25) is 10.0 Å². The molecule has 0 unspecified atom stereocenters. The SMILES string of the molecule is COc1ccc(OC)c(/C=N/NC(=O)CN(Cc2ccccc2)S(=O)(=O)c2cc(OC)ccc2OC)c1. The van der Waals surface area contributed by atoms with E-state index in [0.29, 0.717) is 28.4 Å². The van der Waals surface area contributed by atoms with E-state index >= 15 is 0 Å². The normalized spacial score (nSPS) is 11.4. The molecule has 11 heteroatoms. The first-order chi connectivity index (χ1) is 17.8. The number of rotatable bonds is 12. The Morgan fingerprint density at radius 1 is 0.865 bits per heavy atom. The van der Waals surface area contributed by atoms with E-state index < -0.39 is 22.5 Å². The molecule has 0 aliphatic rings. The topological polar surface area (TPSA) is 116 Å². The average Bonchev–Trinajstić information content (AvgIpc) is 2.92. The molecule has 0 bridgehead atoms. The fourth-order valence-corrected chi connectivity index (χ4v) is 5.00. The van der Waals surface area contributed by atoms with Crippen LogP contribution in [0.5, 0.6) is 23.0 Å². The number of ether oxygens (including phenoxy) is 4. The number of methoxy groups -OCH3 is 4. The summed E-state index contributed by atoms with van der Waals surface area (Å²) in [6, 6.07) is 18.5. The van der Waals surface area contributed by atoms with Gasteiger partial charge in [0.15, 0.2) is 0 Å². The number of amides is 1. The van der Waals surface area contributed by atoms with Crippen molar-refractivity contribution >= 4 is 22.1 Å². The summed E-state index contributed by atoms with van der Waals surface area (Å²) in [6.07, 6.45) is 1.39. The van der Waals surface area contributed by atoms with Crippen LogP contribution in [0.4, 0.5) is 0 Å². The van der Waals surface area contributed by atoms with Gasteiger partial charge in [0.05, 0.1) is 41.2 Å². The van der Waals surface area contributed by atoms with Gasteiger partial charge >= 0.3 is 0 Å². The van der Waals surface area contributed by atoms with Crippen LogP contribution < -0.4 is 24.4 Å². The third-order valence-corrected chi connectivity index (χ3v) is 7.15. The Balaban J connectivity index is 1.87. The minimum absolute atomic E-state index is 0.0512. The molecule has 0 aliphatic heterocycles. The zero-order valence-electron chi connectivity index (χ0n) is 21.0. The predicted molar refractivity (Wildman–Crippen MR) is 139 cm³/mol. The first-order valence-corrected chi connectivity index (χ1v) is 12.6. The molecule has 0 saturated heterocycles. The van der Waals surface area contributed by atoms with Crippen molar-refractivity contribution in [3.8, 4) is 23.0 Å². The average molecular weight is 528 g/mol. The van der Waals surface area contributed by atoms with Crippen LogP contribution in [0.3, 0.4) is 0 Å². The number of hydrogen-bond acceptors (Lipinski definition) is 8. The fourth-order valence-electron chi connectivity index (χ4n) is 3.45. The maximum absolute atomic E-state index is 13.7. The summed E-state index contributed by atoms with van der Waals surface area (Å²) in [7, 11) is 1.66. The monoisotopic (exact) mass is 527 g/mol. The summed E-state index contributed by atoms with van der Waals surface area (Å²) in [6.45, 7) is -0.547.